The highest BCUT2D eigenvalue weighted by Gasteiger charge is 2.23. The highest BCUT2D eigenvalue weighted by Crippen LogP contribution is 2.21. The summed E-state index contributed by atoms with van der Waals surface area (Å²) in [6.45, 7) is 9.41. The van der Waals surface area contributed by atoms with Crippen molar-refractivity contribution < 1.29 is 10.0 Å². The highest BCUT2D eigenvalue weighted by atomic mass is 16.3. The molecule has 0 aromatic heterocycles. The number of quaternary nitrogens is 1. The van der Waals surface area contributed by atoms with Crippen LogP contribution in [0.2, 0.25) is 0 Å². The zero-order valence-electron chi connectivity index (χ0n) is 14.1. The molecule has 0 amide bonds. The number of anilines is 1. The van der Waals surface area contributed by atoms with Gasteiger partial charge in [-0.1, -0.05) is 42.5 Å². The van der Waals surface area contributed by atoms with Crippen molar-refractivity contribution >= 4 is 5.69 Å². The van der Waals surface area contributed by atoms with E-state index in [1.165, 1.54) is 21.7 Å². The van der Waals surface area contributed by atoms with Gasteiger partial charge in [-0.15, -0.1) is 0 Å². The Kier molecular flexibility index (Phi) is 4.99. The first kappa shape index (κ1) is 16.0. The van der Waals surface area contributed by atoms with Crippen LogP contribution in [0.15, 0.2) is 48.5 Å². The molecule has 0 radical (unpaired) electrons. The summed E-state index contributed by atoms with van der Waals surface area (Å²) in [5.74, 6) is 0. The molecular weight excluding hydrogens is 284 g/mol. The number of aryl methyl sites for hydroxylation is 2. The fourth-order valence-corrected chi connectivity index (χ4v) is 3.39. The number of piperazine rings is 1. The molecule has 0 aliphatic carbocycles. The predicted octanol–water partition coefficient (Wildman–Crippen LogP) is 1.74. The topological polar surface area (TPSA) is 27.9 Å². The lowest BCUT2D eigenvalue weighted by Gasteiger charge is -2.35. The summed E-state index contributed by atoms with van der Waals surface area (Å²) in [5.41, 5.74) is 5.06. The van der Waals surface area contributed by atoms with Crippen molar-refractivity contribution in [2.45, 2.75) is 20.0 Å². The average Bonchev–Trinajstić information content (AvgIpc) is 2.58. The van der Waals surface area contributed by atoms with Gasteiger partial charge in [0.2, 0.25) is 0 Å². The average molecular weight is 311 g/mol. The molecule has 3 heteroatoms. The van der Waals surface area contributed by atoms with E-state index in [9.17, 15) is 5.11 Å². The quantitative estimate of drug-likeness (QED) is 0.900. The summed E-state index contributed by atoms with van der Waals surface area (Å²) in [4.78, 5) is 3.98. The summed E-state index contributed by atoms with van der Waals surface area (Å²) >= 11 is 0. The SMILES string of the molecule is Cc1ccc(C)c(N2CC[NH+](C[C@@H](O)c3ccccc3)CC2)c1. The maximum absolute atomic E-state index is 10.4. The number of nitrogens with zero attached hydrogens (tertiary/aromatic N) is 1. The third-order valence-electron chi connectivity index (χ3n) is 4.84. The number of hydrogen-bond donors (Lipinski definition) is 2. The van der Waals surface area contributed by atoms with Crippen LogP contribution in [0.25, 0.3) is 0 Å². The number of nitrogens with one attached hydrogen (secondary N) is 1. The maximum Gasteiger partial charge on any atom is 0.128 e. The molecule has 0 bridgehead atoms. The van der Waals surface area contributed by atoms with Gasteiger partial charge in [0.1, 0.15) is 12.6 Å². The number of hydrogen-bond acceptors (Lipinski definition) is 2. The van der Waals surface area contributed by atoms with Crippen molar-refractivity contribution in [2.75, 3.05) is 37.6 Å². The van der Waals surface area contributed by atoms with Gasteiger partial charge in [-0.05, 0) is 36.6 Å². The molecule has 0 saturated carbocycles. The minimum atomic E-state index is -0.363. The predicted molar refractivity (Wildman–Crippen MR) is 95.1 cm³/mol. The van der Waals surface area contributed by atoms with Gasteiger partial charge in [0.15, 0.2) is 0 Å². The molecule has 2 aromatic rings. The second kappa shape index (κ2) is 7.16. The lowest BCUT2D eigenvalue weighted by atomic mass is 10.1. The van der Waals surface area contributed by atoms with Crippen LogP contribution in [-0.4, -0.2) is 37.8 Å². The summed E-state index contributed by atoms with van der Waals surface area (Å²) in [7, 11) is 0. The molecule has 122 valence electrons. The van der Waals surface area contributed by atoms with Crippen LogP contribution in [0.5, 0.6) is 0 Å². The Morgan fingerprint density at radius 2 is 1.74 bits per heavy atom. The third kappa shape index (κ3) is 3.92. The molecular formula is C20H27N2O+. The number of aliphatic hydroxyl groups excluding tert-OH is 1. The van der Waals surface area contributed by atoms with Gasteiger partial charge in [-0.25, -0.2) is 0 Å². The molecule has 1 aliphatic rings. The molecule has 1 atom stereocenters. The van der Waals surface area contributed by atoms with E-state index in [1.807, 2.05) is 30.3 Å². The van der Waals surface area contributed by atoms with E-state index in [2.05, 4.69) is 36.9 Å². The van der Waals surface area contributed by atoms with E-state index in [1.54, 1.807) is 0 Å². The van der Waals surface area contributed by atoms with Crippen molar-refractivity contribution in [2.24, 2.45) is 0 Å². The Morgan fingerprint density at radius 1 is 1.04 bits per heavy atom. The van der Waals surface area contributed by atoms with Crippen molar-refractivity contribution in [3.63, 3.8) is 0 Å². The van der Waals surface area contributed by atoms with E-state index >= 15 is 0 Å². The summed E-state index contributed by atoms with van der Waals surface area (Å²) in [6, 6.07) is 16.7. The molecule has 1 heterocycles. The zero-order chi connectivity index (χ0) is 16.2. The summed E-state index contributed by atoms with van der Waals surface area (Å²) in [5, 5.41) is 10.4. The summed E-state index contributed by atoms with van der Waals surface area (Å²) < 4.78 is 0. The fourth-order valence-electron chi connectivity index (χ4n) is 3.39. The van der Waals surface area contributed by atoms with E-state index < -0.39 is 0 Å². The van der Waals surface area contributed by atoms with E-state index in [0.29, 0.717) is 0 Å². The van der Waals surface area contributed by atoms with Crippen LogP contribution in [0, 0.1) is 13.8 Å². The maximum atomic E-state index is 10.4. The molecule has 0 spiro atoms. The van der Waals surface area contributed by atoms with Crippen molar-refractivity contribution in [3.05, 3.63) is 65.2 Å². The number of rotatable bonds is 4. The second-order valence-corrected chi connectivity index (χ2v) is 6.66. The Bertz CT molecular complexity index is 633. The lowest BCUT2D eigenvalue weighted by molar-refractivity contribution is -0.904. The van der Waals surface area contributed by atoms with Crippen LogP contribution < -0.4 is 9.80 Å². The number of aliphatic hydroxyl groups is 1. The van der Waals surface area contributed by atoms with Gasteiger partial charge in [0.05, 0.1) is 26.2 Å². The van der Waals surface area contributed by atoms with Gasteiger partial charge in [0, 0.05) is 5.69 Å². The van der Waals surface area contributed by atoms with Crippen LogP contribution in [0.3, 0.4) is 0 Å². The van der Waals surface area contributed by atoms with Crippen LogP contribution in [0.4, 0.5) is 5.69 Å². The van der Waals surface area contributed by atoms with Crippen LogP contribution >= 0.6 is 0 Å². The molecule has 0 unspecified atom stereocenters. The Labute approximate surface area is 139 Å². The molecule has 2 aromatic carbocycles. The van der Waals surface area contributed by atoms with Gasteiger partial charge in [-0.3, -0.25) is 0 Å². The van der Waals surface area contributed by atoms with Gasteiger partial charge < -0.3 is 14.9 Å². The van der Waals surface area contributed by atoms with Crippen molar-refractivity contribution in [1.82, 2.24) is 0 Å². The number of benzene rings is 2. The van der Waals surface area contributed by atoms with Gasteiger partial charge in [0.25, 0.3) is 0 Å². The Hall–Kier alpha value is -1.84. The van der Waals surface area contributed by atoms with Crippen LogP contribution in [-0.2, 0) is 0 Å². The molecule has 3 rings (SSSR count). The van der Waals surface area contributed by atoms with Crippen molar-refractivity contribution in [1.29, 1.82) is 0 Å². The third-order valence-corrected chi connectivity index (χ3v) is 4.84. The Balaban J connectivity index is 1.57. The molecule has 1 fully saturated rings. The lowest BCUT2D eigenvalue weighted by Crippen LogP contribution is -3.15. The molecule has 3 nitrogen and oxygen atoms in total. The standard InChI is InChI=1S/C20H26N2O/c1-16-8-9-17(2)19(14-16)22-12-10-21(11-13-22)15-20(23)18-6-4-3-5-7-18/h3-9,14,20,23H,10-13,15H2,1-2H3/p+1/t20-/m1/s1. The van der Waals surface area contributed by atoms with Crippen LogP contribution in [0.1, 0.15) is 22.8 Å². The molecule has 1 saturated heterocycles. The minimum absolute atomic E-state index is 0.363. The van der Waals surface area contributed by atoms with Gasteiger partial charge >= 0.3 is 0 Å². The smallest absolute Gasteiger partial charge is 0.128 e. The normalized spacial score (nSPS) is 17.3. The summed E-state index contributed by atoms with van der Waals surface area (Å²) in [6.07, 6.45) is -0.363. The Morgan fingerprint density at radius 3 is 2.43 bits per heavy atom. The highest BCUT2D eigenvalue weighted by molar-refractivity contribution is 5.55. The first-order valence-corrected chi connectivity index (χ1v) is 8.52. The van der Waals surface area contributed by atoms with Crippen molar-refractivity contribution in [3.8, 4) is 0 Å². The first-order chi connectivity index (χ1) is 11.1. The fraction of sp³-hybridized carbons (Fsp3) is 0.400. The molecule has 23 heavy (non-hydrogen) atoms. The molecule has 2 N–H and O–H groups in total. The largest absolute Gasteiger partial charge is 0.382 e. The van der Waals surface area contributed by atoms with E-state index in [4.69, 9.17) is 0 Å². The van der Waals surface area contributed by atoms with E-state index in [0.717, 1.165) is 38.3 Å². The van der Waals surface area contributed by atoms with E-state index in [-0.39, 0.29) is 6.10 Å². The monoisotopic (exact) mass is 311 g/mol. The first-order valence-electron chi connectivity index (χ1n) is 8.52. The second-order valence-electron chi connectivity index (χ2n) is 6.66. The van der Waals surface area contributed by atoms with Gasteiger partial charge in [-0.2, -0.15) is 0 Å². The molecule has 1 aliphatic heterocycles. The minimum Gasteiger partial charge on any atom is -0.382 e. The zero-order valence-corrected chi connectivity index (χ0v) is 14.1.